The second-order valence-electron chi connectivity index (χ2n) is 5.84. The third-order valence-electron chi connectivity index (χ3n) is 4.08. The molecule has 2 aromatic rings. The number of piperazine rings is 1. The van der Waals surface area contributed by atoms with Gasteiger partial charge in [-0.2, -0.15) is 0 Å². The predicted octanol–water partition coefficient (Wildman–Crippen LogP) is 1.54. The molecule has 1 aliphatic rings. The zero-order chi connectivity index (χ0) is 17.8. The second kappa shape index (κ2) is 7.21. The lowest BCUT2D eigenvalue weighted by Crippen LogP contribution is -2.48. The zero-order valence-electron chi connectivity index (χ0n) is 14.0. The van der Waals surface area contributed by atoms with E-state index in [0.29, 0.717) is 24.6 Å². The van der Waals surface area contributed by atoms with Crippen molar-refractivity contribution in [2.75, 3.05) is 29.9 Å². The summed E-state index contributed by atoms with van der Waals surface area (Å²) >= 11 is 0. The third kappa shape index (κ3) is 3.88. The molecule has 2 amide bonds. The fourth-order valence-corrected chi connectivity index (χ4v) is 2.66. The summed E-state index contributed by atoms with van der Waals surface area (Å²) < 4.78 is 0. The number of nitrogens with zero attached hydrogens (tertiary/aromatic N) is 2. The van der Waals surface area contributed by atoms with Crippen LogP contribution < -0.4 is 15.5 Å². The molecule has 1 aromatic heterocycles. The summed E-state index contributed by atoms with van der Waals surface area (Å²) in [5.41, 5.74) is 1.73. The summed E-state index contributed by atoms with van der Waals surface area (Å²) in [6.45, 7) is 3.54. The number of carbonyl (C=O) groups excluding carboxylic acids is 2. The highest BCUT2D eigenvalue weighted by Crippen LogP contribution is 2.21. The van der Waals surface area contributed by atoms with Crippen molar-refractivity contribution < 1.29 is 14.7 Å². The highest BCUT2D eigenvalue weighted by molar-refractivity contribution is 6.06. The summed E-state index contributed by atoms with van der Waals surface area (Å²) in [7, 11) is 0. The molecule has 0 unspecified atom stereocenters. The average molecular weight is 340 g/mol. The Morgan fingerprint density at radius 1 is 1.36 bits per heavy atom. The minimum absolute atomic E-state index is 0.0308. The number of phenolic OH excluding ortho intramolecular Hbond substituents is 1. The van der Waals surface area contributed by atoms with Crippen molar-refractivity contribution in [3.8, 4) is 5.75 Å². The van der Waals surface area contributed by atoms with Gasteiger partial charge in [-0.25, -0.2) is 4.98 Å². The van der Waals surface area contributed by atoms with Crippen LogP contribution in [0, 0.1) is 0 Å². The Hall–Kier alpha value is -3.09. The predicted molar refractivity (Wildman–Crippen MR) is 94.9 cm³/mol. The fraction of sp³-hybridized carbons (Fsp3) is 0.278. The number of amides is 2. The molecule has 1 fully saturated rings. The molecule has 0 aliphatic carbocycles. The van der Waals surface area contributed by atoms with Crippen molar-refractivity contribution in [2.24, 2.45) is 0 Å². The number of benzene rings is 1. The van der Waals surface area contributed by atoms with Gasteiger partial charge in [0, 0.05) is 13.1 Å². The van der Waals surface area contributed by atoms with E-state index >= 15 is 0 Å². The van der Waals surface area contributed by atoms with E-state index in [2.05, 4.69) is 15.6 Å². The number of aromatic nitrogens is 1. The Morgan fingerprint density at radius 3 is 2.88 bits per heavy atom. The van der Waals surface area contributed by atoms with Crippen LogP contribution >= 0.6 is 0 Å². The lowest BCUT2D eigenvalue weighted by Gasteiger charge is -2.27. The number of phenols is 1. The van der Waals surface area contributed by atoms with E-state index in [0.717, 1.165) is 12.0 Å². The first kappa shape index (κ1) is 16.8. The number of hydrogen-bond donors (Lipinski definition) is 3. The minimum atomic E-state index is -0.389. The molecule has 25 heavy (non-hydrogen) atoms. The molecule has 7 heteroatoms. The summed E-state index contributed by atoms with van der Waals surface area (Å²) in [5, 5.41) is 15.4. The van der Waals surface area contributed by atoms with E-state index < -0.39 is 0 Å². The summed E-state index contributed by atoms with van der Waals surface area (Å²) in [5.74, 6) is 0.207. The van der Waals surface area contributed by atoms with Gasteiger partial charge in [0.25, 0.3) is 5.91 Å². The van der Waals surface area contributed by atoms with Gasteiger partial charge in [0.2, 0.25) is 5.91 Å². The number of anilines is 2. The molecular weight excluding hydrogens is 320 g/mol. The molecule has 0 spiro atoms. The van der Waals surface area contributed by atoms with Gasteiger partial charge in [0.1, 0.15) is 11.6 Å². The smallest absolute Gasteiger partial charge is 0.259 e. The highest BCUT2D eigenvalue weighted by Gasteiger charge is 2.17. The molecule has 0 atom stereocenters. The maximum absolute atomic E-state index is 12.4. The first-order valence-corrected chi connectivity index (χ1v) is 8.17. The summed E-state index contributed by atoms with van der Waals surface area (Å²) in [4.78, 5) is 30.0. The minimum Gasteiger partial charge on any atom is -0.507 e. The molecule has 0 saturated carbocycles. The first-order chi connectivity index (χ1) is 12.1. The van der Waals surface area contributed by atoms with Crippen molar-refractivity contribution >= 4 is 23.3 Å². The molecule has 2 heterocycles. The van der Waals surface area contributed by atoms with Crippen molar-refractivity contribution in [3.05, 3.63) is 47.7 Å². The maximum Gasteiger partial charge on any atom is 0.259 e. The van der Waals surface area contributed by atoms with E-state index in [9.17, 15) is 14.7 Å². The number of rotatable bonds is 4. The Labute approximate surface area is 145 Å². The normalized spacial score (nSPS) is 14.1. The van der Waals surface area contributed by atoms with Crippen LogP contribution in [0.15, 0.2) is 36.5 Å². The summed E-state index contributed by atoms with van der Waals surface area (Å²) in [6.07, 6.45) is 2.32. The topological polar surface area (TPSA) is 94.6 Å². The van der Waals surface area contributed by atoms with Crippen LogP contribution in [-0.4, -0.2) is 41.5 Å². The van der Waals surface area contributed by atoms with Crippen LogP contribution in [0.2, 0.25) is 0 Å². The molecule has 1 saturated heterocycles. The first-order valence-electron chi connectivity index (χ1n) is 8.17. The van der Waals surface area contributed by atoms with Gasteiger partial charge in [-0.05, 0) is 36.2 Å². The summed E-state index contributed by atoms with van der Waals surface area (Å²) in [6, 6.07) is 8.48. The largest absolute Gasteiger partial charge is 0.507 e. The fourth-order valence-electron chi connectivity index (χ4n) is 2.66. The van der Waals surface area contributed by atoms with Crippen LogP contribution in [0.3, 0.4) is 0 Å². The van der Waals surface area contributed by atoms with E-state index in [1.54, 1.807) is 30.5 Å². The van der Waals surface area contributed by atoms with Crippen molar-refractivity contribution in [1.29, 1.82) is 0 Å². The molecule has 3 rings (SSSR count). The molecule has 7 nitrogen and oxygen atoms in total. The van der Waals surface area contributed by atoms with Crippen LogP contribution in [0.25, 0.3) is 0 Å². The number of pyridine rings is 1. The van der Waals surface area contributed by atoms with E-state index in [4.69, 9.17) is 0 Å². The molecule has 130 valence electrons. The van der Waals surface area contributed by atoms with Crippen LogP contribution in [-0.2, 0) is 11.2 Å². The lowest BCUT2D eigenvalue weighted by atomic mass is 10.1. The number of hydrogen-bond acceptors (Lipinski definition) is 5. The Morgan fingerprint density at radius 2 is 2.20 bits per heavy atom. The van der Waals surface area contributed by atoms with Gasteiger partial charge in [-0.15, -0.1) is 0 Å². The third-order valence-corrected chi connectivity index (χ3v) is 4.08. The Kier molecular flexibility index (Phi) is 4.83. The van der Waals surface area contributed by atoms with Gasteiger partial charge >= 0.3 is 0 Å². The molecule has 0 radical (unpaired) electrons. The molecule has 1 aromatic carbocycles. The lowest BCUT2D eigenvalue weighted by molar-refractivity contribution is -0.120. The zero-order valence-corrected chi connectivity index (χ0v) is 14.0. The van der Waals surface area contributed by atoms with Crippen molar-refractivity contribution in [3.63, 3.8) is 0 Å². The van der Waals surface area contributed by atoms with Gasteiger partial charge in [0.15, 0.2) is 0 Å². The number of nitrogens with one attached hydrogen (secondary N) is 2. The van der Waals surface area contributed by atoms with Gasteiger partial charge in [0.05, 0.1) is 24.0 Å². The molecule has 3 N–H and O–H groups in total. The van der Waals surface area contributed by atoms with Gasteiger partial charge in [-0.3, -0.25) is 9.59 Å². The molecule has 0 bridgehead atoms. The van der Waals surface area contributed by atoms with E-state index in [-0.39, 0.29) is 29.7 Å². The standard InChI is InChI=1S/C18H20N4O3/c1-2-12-3-5-15(23)14(9-12)18(25)21-13-4-6-16(20-10-13)22-8-7-19-17(24)11-22/h3-6,9-10,23H,2,7-8,11H2,1H3,(H,19,24)(H,21,25). The Bertz CT molecular complexity index is 789. The van der Waals surface area contributed by atoms with Crippen molar-refractivity contribution in [1.82, 2.24) is 10.3 Å². The van der Waals surface area contributed by atoms with Gasteiger partial charge in [-0.1, -0.05) is 13.0 Å². The SMILES string of the molecule is CCc1ccc(O)c(C(=O)Nc2ccc(N3CCNC(=O)C3)nc2)c1. The van der Waals surface area contributed by atoms with E-state index in [1.165, 1.54) is 6.07 Å². The number of aryl methyl sites for hydroxylation is 1. The van der Waals surface area contributed by atoms with Crippen LogP contribution in [0.5, 0.6) is 5.75 Å². The maximum atomic E-state index is 12.4. The van der Waals surface area contributed by atoms with E-state index in [1.807, 2.05) is 11.8 Å². The van der Waals surface area contributed by atoms with Crippen LogP contribution in [0.4, 0.5) is 11.5 Å². The molecule has 1 aliphatic heterocycles. The van der Waals surface area contributed by atoms with Crippen LogP contribution in [0.1, 0.15) is 22.8 Å². The highest BCUT2D eigenvalue weighted by atomic mass is 16.3. The monoisotopic (exact) mass is 340 g/mol. The number of aromatic hydroxyl groups is 1. The number of carbonyl (C=O) groups is 2. The van der Waals surface area contributed by atoms with Crippen molar-refractivity contribution in [2.45, 2.75) is 13.3 Å². The average Bonchev–Trinajstić information content (AvgIpc) is 2.62. The second-order valence-corrected chi connectivity index (χ2v) is 5.84. The Balaban J connectivity index is 1.71. The quantitative estimate of drug-likeness (QED) is 0.785. The van der Waals surface area contributed by atoms with Gasteiger partial charge < -0.3 is 20.6 Å². The molecular formula is C18H20N4O3.